The number of benzene rings is 2. The second-order valence-electron chi connectivity index (χ2n) is 8.55. The number of carbonyl (C=O) groups excluding carboxylic acids is 1. The number of Topliss-reactive ketones (excluding diaryl/α,β-unsaturated/α-hetero) is 1. The number of ketones is 1. The van der Waals surface area contributed by atoms with Crippen LogP contribution in [0.15, 0.2) is 53.5 Å². The van der Waals surface area contributed by atoms with Crippen LogP contribution in [0.5, 0.6) is 0 Å². The summed E-state index contributed by atoms with van der Waals surface area (Å²) in [6.07, 6.45) is 4.03. The molecule has 1 fully saturated rings. The second-order valence-corrected chi connectivity index (χ2v) is 8.55. The van der Waals surface area contributed by atoms with E-state index in [1.54, 1.807) is 24.3 Å². The minimum Gasteiger partial charge on any atom is -0.338 e. The molecule has 1 aliphatic heterocycles. The molecule has 0 saturated carbocycles. The van der Waals surface area contributed by atoms with Crippen molar-refractivity contribution in [2.45, 2.75) is 32.6 Å². The number of amidine groups is 1. The molecule has 7 nitrogen and oxygen atoms in total. The maximum atomic E-state index is 13.1. The molecular weight excluding hydrogens is 423 g/mol. The van der Waals surface area contributed by atoms with Crippen LogP contribution < -0.4 is 5.32 Å². The van der Waals surface area contributed by atoms with Gasteiger partial charge in [0.2, 0.25) is 0 Å². The summed E-state index contributed by atoms with van der Waals surface area (Å²) in [6.45, 7) is 4.53. The third kappa shape index (κ3) is 8.38. The molecule has 2 aromatic rings. The van der Waals surface area contributed by atoms with Crippen LogP contribution in [0.2, 0.25) is 0 Å². The van der Waals surface area contributed by atoms with Crippen LogP contribution in [-0.4, -0.2) is 54.2 Å². The maximum Gasteiger partial charge on any atom is 0.260 e. The molecule has 0 amide bonds. The van der Waals surface area contributed by atoms with Gasteiger partial charge in [-0.15, -0.1) is 0 Å². The number of rotatable bonds is 10. The summed E-state index contributed by atoms with van der Waals surface area (Å²) in [5.41, 5.74) is 2.35. The minimum absolute atomic E-state index is 0.0622. The van der Waals surface area contributed by atoms with E-state index in [0.29, 0.717) is 29.5 Å². The number of nitrogens with one attached hydrogen (secondary N) is 1. The van der Waals surface area contributed by atoms with Crippen molar-refractivity contribution in [2.24, 2.45) is 10.9 Å². The van der Waals surface area contributed by atoms with E-state index < -0.39 is 4.92 Å². The first-order valence-electron chi connectivity index (χ1n) is 11.4. The van der Waals surface area contributed by atoms with Crippen LogP contribution in [0.4, 0.5) is 10.1 Å². The maximum absolute atomic E-state index is 13.1. The number of carbonyl (C=O) groups is 1. The molecule has 1 heterocycles. The zero-order valence-electron chi connectivity index (χ0n) is 19.0. The molecule has 0 radical (unpaired) electrons. The Labute approximate surface area is 193 Å². The molecule has 3 rings (SSSR count). The predicted molar refractivity (Wildman–Crippen MR) is 128 cm³/mol. The summed E-state index contributed by atoms with van der Waals surface area (Å²) in [5, 5.41) is 14.0. The zero-order chi connectivity index (χ0) is 23.6. The van der Waals surface area contributed by atoms with Crippen molar-refractivity contribution in [3.8, 4) is 0 Å². The zero-order valence-corrected chi connectivity index (χ0v) is 19.0. The third-order valence-electron chi connectivity index (χ3n) is 5.92. The fourth-order valence-electron chi connectivity index (χ4n) is 4.11. The highest BCUT2D eigenvalue weighted by molar-refractivity contribution is 5.99. The van der Waals surface area contributed by atoms with Gasteiger partial charge in [-0.1, -0.05) is 24.3 Å². The van der Waals surface area contributed by atoms with E-state index in [2.05, 4.69) is 15.2 Å². The number of piperidine rings is 1. The van der Waals surface area contributed by atoms with E-state index in [-0.39, 0.29) is 18.1 Å². The van der Waals surface area contributed by atoms with Crippen LogP contribution in [0.1, 0.15) is 42.1 Å². The van der Waals surface area contributed by atoms with Crippen LogP contribution in [-0.2, 0) is 6.42 Å². The highest BCUT2D eigenvalue weighted by Gasteiger charge is 2.19. The third-order valence-corrected chi connectivity index (χ3v) is 5.92. The molecule has 8 heteroatoms. The standard InChI is InChI=1S/C25H31FN4O3/c1-19(31)22-4-2-5-24(17-22)28-25(18-30(32)33)27-12-3-13-29-14-10-21(11-15-29)16-20-6-8-23(26)9-7-20/h2,4-9,17,21H,3,10-16,18H2,1H3,(H,27,28). The molecule has 0 aromatic heterocycles. The van der Waals surface area contributed by atoms with Gasteiger partial charge in [-0.25, -0.2) is 4.39 Å². The minimum atomic E-state index is -0.410. The summed E-state index contributed by atoms with van der Waals surface area (Å²) in [6, 6.07) is 13.7. The number of anilines is 1. The van der Waals surface area contributed by atoms with Gasteiger partial charge in [-0.3, -0.25) is 19.9 Å². The molecule has 0 unspecified atom stereocenters. The Morgan fingerprint density at radius 3 is 2.61 bits per heavy atom. The lowest BCUT2D eigenvalue weighted by molar-refractivity contribution is -0.463. The molecule has 176 valence electrons. The summed E-state index contributed by atoms with van der Waals surface area (Å²) in [7, 11) is 0. The molecule has 0 aliphatic carbocycles. The van der Waals surface area contributed by atoms with Crippen molar-refractivity contribution in [1.82, 2.24) is 4.90 Å². The van der Waals surface area contributed by atoms with Crippen LogP contribution in [0, 0.1) is 21.8 Å². The fraction of sp³-hybridized carbons (Fsp3) is 0.440. The lowest BCUT2D eigenvalue weighted by Crippen LogP contribution is -2.35. The summed E-state index contributed by atoms with van der Waals surface area (Å²) < 4.78 is 13.1. The molecule has 0 spiro atoms. The Hall–Kier alpha value is -3.13. The van der Waals surface area contributed by atoms with E-state index in [1.807, 2.05) is 12.1 Å². The predicted octanol–water partition coefficient (Wildman–Crippen LogP) is 4.46. The molecule has 2 aromatic carbocycles. The van der Waals surface area contributed by atoms with Crippen molar-refractivity contribution < 1.29 is 14.1 Å². The molecule has 1 aliphatic rings. The lowest BCUT2D eigenvalue weighted by atomic mass is 9.90. The summed E-state index contributed by atoms with van der Waals surface area (Å²) in [4.78, 5) is 29.0. The van der Waals surface area contributed by atoms with Crippen molar-refractivity contribution in [2.75, 3.05) is 38.0 Å². The molecular formula is C25H31FN4O3. The summed E-state index contributed by atoms with van der Waals surface area (Å²) >= 11 is 0. The quantitative estimate of drug-likeness (QED) is 0.143. The van der Waals surface area contributed by atoms with E-state index in [1.165, 1.54) is 24.6 Å². The van der Waals surface area contributed by atoms with E-state index >= 15 is 0 Å². The smallest absolute Gasteiger partial charge is 0.260 e. The van der Waals surface area contributed by atoms with Gasteiger partial charge in [0, 0.05) is 22.7 Å². The molecule has 1 saturated heterocycles. The Bertz CT molecular complexity index is 970. The SMILES string of the molecule is CC(=O)c1cccc(NC(C[N+](=O)[O-])=NCCCN2CCC(Cc3ccc(F)cc3)CC2)c1. The second kappa shape index (κ2) is 12.2. The van der Waals surface area contributed by atoms with Gasteiger partial charge in [-0.05, 0) is 88.0 Å². The summed E-state index contributed by atoms with van der Waals surface area (Å²) in [5.74, 6) is 0.648. The number of nitro groups is 1. The van der Waals surface area contributed by atoms with Gasteiger partial charge < -0.3 is 10.2 Å². The number of hydrogen-bond acceptors (Lipinski definition) is 5. The molecule has 0 bridgehead atoms. The van der Waals surface area contributed by atoms with Crippen LogP contribution in [0.25, 0.3) is 0 Å². The van der Waals surface area contributed by atoms with E-state index in [4.69, 9.17) is 0 Å². The first kappa shape index (κ1) is 24.5. The number of likely N-dealkylation sites (tertiary alicyclic amines) is 1. The normalized spacial score (nSPS) is 15.4. The van der Waals surface area contributed by atoms with Crippen LogP contribution in [0.3, 0.4) is 0 Å². The highest BCUT2D eigenvalue weighted by Crippen LogP contribution is 2.22. The topological polar surface area (TPSA) is 87.8 Å². The van der Waals surface area contributed by atoms with Gasteiger partial charge in [0.15, 0.2) is 11.6 Å². The number of aliphatic imine (C=N–C) groups is 1. The van der Waals surface area contributed by atoms with Crippen molar-refractivity contribution in [3.05, 3.63) is 75.6 Å². The van der Waals surface area contributed by atoms with Gasteiger partial charge >= 0.3 is 0 Å². The van der Waals surface area contributed by atoms with Gasteiger partial charge in [0.05, 0.1) is 0 Å². The monoisotopic (exact) mass is 454 g/mol. The average Bonchev–Trinajstić information content (AvgIpc) is 2.79. The first-order chi connectivity index (χ1) is 15.9. The molecule has 33 heavy (non-hydrogen) atoms. The van der Waals surface area contributed by atoms with Crippen LogP contribution >= 0.6 is 0 Å². The molecule has 1 N–H and O–H groups in total. The number of nitrogens with zero attached hydrogens (tertiary/aromatic N) is 3. The Kier molecular flexibility index (Phi) is 9.06. The van der Waals surface area contributed by atoms with Crippen molar-refractivity contribution in [1.29, 1.82) is 0 Å². The van der Waals surface area contributed by atoms with Gasteiger partial charge in [0.1, 0.15) is 5.82 Å². The Balaban J connectivity index is 1.43. The fourth-order valence-corrected chi connectivity index (χ4v) is 4.11. The van der Waals surface area contributed by atoms with Gasteiger partial charge in [-0.2, -0.15) is 0 Å². The van der Waals surface area contributed by atoms with Gasteiger partial charge in [0.25, 0.3) is 6.54 Å². The number of halogens is 1. The Morgan fingerprint density at radius 2 is 1.94 bits per heavy atom. The van der Waals surface area contributed by atoms with Crippen molar-refractivity contribution in [3.63, 3.8) is 0 Å². The largest absolute Gasteiger partial charge is 0.338 e. The lowest BCUT2D eigenvalue weighted by Gasteiger charge is -2.31. The Morgan fingerprint density at radius 1 is 1.21 bits per heavy atom. The van der Waals surface area contributed by atoms with E-state index in [9.17, 15) is 19.3 Å². The van der Waals surface area contributed by atoms with E-state index in [0.717, 1.165) is 45.3 Å². The number of hydrogen-bond donors (Lipinski definition) is 1. The average molecular weight is 455 g/mol. The first-order valence-corrected chi connectivity index (χ1v) is 11.4. The molecule has 0 atom stereocenters. The highest BCUT2D eigenvalue weighted by atomic mass is 19.1. The van der Waals surface area contributed by atoms with Crippen molar-refractivity contribution >= 4 is 17.3 Å².